The van der Waals surface area contributed by atoms with Crippen molar-refractivity contribution in [1.29, 1.82) is 0 Å². The van der Waals surface area contributed by atoms with E-state index in [1.54, 1.807) is 6.20 Å². The van der Waals surface area contributed by atoms with Crippen molar-refractivity contribution < 1.29 is 19.0 Å². The van der Waals surface area contributed by atoms with Crippen LogP contribution in [0.5, 0.6) is 5.75 Å². The predicted octanol–water partition coefficient (Wildman–Crippen LogP) is 2.61. The summed E-state index contributed by atoms with van der Waals surface area (Å²) in [7, 11) is 0. The molecule has 0 unspecified atom stereocenters. The van der Waals surface area contributed by atoms with Crippen LogP contribution in [-0.2, 0) is 27.3 Å². The molecule has 0 saturated carbocycles. The van der Waals surface area contributed by atoms with Gasteiger partial charge in [0, 0.05) is 25.8 Å². The summed E-state index contributed by atoms with van der Waals surface area (Å²) in [6, 6.07) is 13.7. The molecule has 152 valence electrons. The van der Waals surface area contributed by atoms with Crippen molar-refractivity contribution in [1.82, 2.24) is 9.88 Å². The van der Waals surface area contributed by atoms with Crippen LogP contribution >= 0.6 is 0 Å². The standard InChI is InChI=1S/C23H26N2O4/c26-22(21-13-17-5-1-2-7-20(17)29-21)25-15-23(16-25)18(9-12-28-23)8-11-27-14-19-6-3-4-10-24-19/h1-7,10,18,21H,8-9,11-16H2/t18-,21+/m1/s1. The Balaban J connectivity index is 1.10. The van der Waals surface area contributed by atoms with E-state index in [9.17, 15) is 4.79 Å². The molecule has 0 radical (unpaired) electrons. The summed E-state index contributed by atoms with van der Waals surface area (Å²) in [4.78, 5) is 19.0. The maximum Gasteiger partial charge on any atom is 0.264 e. The third kappa shape index (κ3) is 3.63. The van der Waals surface area contributed by atoms with Gasteiger partial charge in [-0.3, -0.25) is 9.78 Å². The van der Waals surface area contributed by atoms with Crippen molar-refractivity contribution in [2.45, 2.75) is 37.6 Å². The number of hydrogen-bond donors (Lipinski definition) is 0. The molecule has 4 heterocycles. The first-order chi connectivity index (χ1) is 14.2. The zero-order chi connectivity index (χ0) is 19.7. The SMILES string of the molecule is O=C([C@@H]1Cc2ccccc2O1)N1CC2(C1)OCC[C@H]2CCOCc1ccccn1. The van der Waals surface area contributed by atoms with E-state index in [1.165, 1.54) is 0 Å². The van der Waals surface area contributed by atoms with Gasteiger partial charge in [-0.1, -0.05) is 24.3 Å². The number of carbonyl (C=O) groups excluding carboxylic acids is 1. The molecule has 5 rings (SSSR count). The van der Waals surface area contributed by atoms with Crippen molar-refractivity contribution in [2.75, 3.05) is 26.3 Å². The summed E-state index contributed by atoms with van der Waals surface area (Å²) >= 11 is 0. The summed E-state index contributed by atoms with van der Waals surface area (Å²) in [5, 5.41) is 0. The average molecular weight is 394 g/mol. The van der Waals surface area contributed by atoms with E-state index >= 15 is 0 Å². The summed E-state index contributed by atoms with van der Waals surface area (Å²) in [5.41, 5.74) is 1.86. The van der Waals surface area contributed by atoms with Crippen LogP contribution in [0.1, 0.15) is 24.1 Å². The average Bonchev–Trinajstić information content (AvgIpc) is 3.34. The maximum atomic E-state index is 12.9. The Bertz CT molecular complexity index is 841. The monoisotopic (exact) mass is 394 g/mol. The minimum absolute atomic E-state index is 0.0764. The summed E-state index contributed by atoms with van der Waals surface area (Å²) in [6.45, 7) is 3.30. The molecular formula is C23H26N2O4. The Morgan fingerprint density at radius 1 is 1.21 bits per heavy atom. The van der Waals surface area contributed by atoms with Crippen LogP contribution in [0, 0.1) is 5.92 Å². The second kappa shape index (κ2) is 7.76. The van der Waals surface area contributed by atoms with Crippen molar-refractivity contribution in [2.24, 2.45) is 5.92 Å². The number of hydrogen-bond acceptors (Lipinski definition) is 5. The van der Waals surface area contributed by atoms with E-state index in [-0.39, 0.29) is 11.5 Å². The topological polar surface area (TPSA) is 60.9 Å². The van der Waals surface area contributed by atoms with Crippen LogP contribution in [0.4, 0.5) is 0 Å². The molecule has 6 heteroatoms. The second-order valence-corrected chi connectivity index (χ2v) is 8.17. The van der Waals surface area contributed by atoms with E-state index in [1.807, 2.05) is 47.4 Å². The van der Waals surface area contributed by atoms with E-state index in [0.717, 1.165) is 36.5 Å². The molecule has 6 nitrogen and oxygen atoms in total. The smallest absolute Gasteiger partial charge is 0.264 e. The fourth-order valence-corrected chi connectivity index (χ4v) is 4.71. The number of nitrogens with zero attached hydrogens (tertiary/aromatic N) is 2. The van der Waals surface area contributed by atoms with Gasteiger partial charge in [0.15, 0.2) is 6.10 Å². The molecule has 3 aliphatic heterocycles. The number of pyridine rings is 1. The Morgan fingerprint density at radius 3 is 2.90 bits per heavy atom. The normalized spacial score (nSPS) is 24.2. The molecule has 1 amide bonds. The van der Waals surface area contributed by atoms with Gasteiger partial charge in [0.1, 0.15) is 11.4 Å². The number of fused-ring (bicyclic) bond motifs is 1. The lowest BCUT2D eigenvalue weighted by molar-refractivity contribution is -0.171. The van der Waals surface area contributed by atoms with E-state index in [0.29, 0.717) is 38.6 Å². The third-order valence-electron chi connectivity index (χ3n) is 6.34. The number of benzene rings is 1. The van der Waals surface area contributed by atoms with Crippen LogP contribution in [-0.4, -0.2) is 53.8 Å². The predicted molar refractivity (Wildman–Crippen MR) is 106 cm³/mol. The van der Waals surface area contributed by atoms with Crippen LogP contribution in [0.15, 0.2) is 48.7 Å². The first-order valence-electron chi connectivity index (χ1n) is 10.4. The Labute approximate surface area is 170 Å². The van der Waals surface area contributed by atoms with Crippen molar-refractivity contribution in [3.8, 4) is 5.75 Å². The number of amides is 1. The third-order valence-corrected chi connectivity index (χ3v) is 6.34. The first-order valence-corrected chi connectivity index (χ1v) is 10.4. The zero-order valence-corrected chi connectivity index (χ0v) is 16.5. The molecule has 29 heavy (non-hydrogen) atoms. The molecule has 1 aromatic carbocycles. The van der Waals surface area contributed by atoms with Crippen LogP contribution in [0.2, 0.25) is 0 Å². The van der Waals surface area contributed by atoms with Gasteiger partial charge in [-0.05, 0) is 42.5 Å². The molecule has 0 N–H and O–H groups in total. The van der Waals surface area contributed by atoms with Crippen LogP contribution in [0.25, 0.3) is 0 Å². The number of carbonyl (C=O) groups is 1. The highest BCUT2D eigenvalue weighted by molar-refractivity contribution is 5.83. The highest BCUT2D eigenvalue weighted by atomic mass is 16.5. The molecule has 2 aromatic rings. The molecule has 0 aliphatic carbocycles. The minimum atomic E-state index is -0.397. The quantitative estimate of drug-likeness (QED) is 0.705. The Kier molecular flexibility index (Phi) is 4.97. The van der Waals surface area contributed by atoms with Gasteiger partial charge in [0.25, 0.3) is 5.91 Å². The number of rotatable bonds is 6. The maximum absolute atomic E-state index is 12.9. The van der Waals surface area contributed by atoms with E-state index in [2.05, 4.69) is 4.98 Å². The lowest BCUT2D eigenvalue weighted by atomic mass is 9.79. The number of para-hydroxylation sites is 1. The summed E-state index contributed by atoms with van der Waals surface area (Å²) in [6.07, 6.45) is 4.02. The van der Waals surface area contributed by atoms with Crippen LogP contribution < -0.4 is 4.74 Å². The lowest BCUT2D eigenvalue weighted by Gasteiger charge is -2.50. The highest BCUT2D eigenvalue weighted by Crippen LogP contribution is 2.42. The lowest BCUT2D eigenvalue weighted by Crippen LogP contribution is -2.67. The number of ether oxygens (including phenoxy) is 3. The molecule has 2 fully saturated rings. The summed E-state index contributed by atoms with van der Waals surface area (Å²) < 4.78 is 17.8. The van der Waals surface area contributed by atoms with E-state index in [4.69, 9.17) is 14.2 Å². The van der Waals surface area contributed by atoms with Gasteiger partial charge in [-0.2, -0.15) is 0 Å². The fourth-order valence-electron chi connectivity index (χ4n) is 4.71. The number of likely N-dealkylation sites (tertiary alicyclic amines) is 1. The van der Waals surface area contributed by atoms with E-state index < -0.39 is 6.10 Å². The summed E-state index contributed by atoms with van der Waals surface area (Å²) in [5.74, 6) is 1.34. The minimum Gasteiger partial charge on any atom is -0.480 e. The van der Waals surface area contributed by atoms with Gasteiger partial charge in [-0.25, -0.2) is 0 Å². The van der Waals surface area contributed by atoms with Crippen molar-refractivity contribution >= 4 is 5.91 Å². The van der Waals surface area contributed by atoms with Gasteiger partial charge in [0.05, 0.1) is 25.4 Å². The molecule has 0 bridgehead atoms. The Hall–Kier alpha value is -2.44. The van der Waals surface area contributed by atoms with Crippen LogP contribution in [0.3, 0.4) is 0 Å². The molecule has 3 aliphatic rings. The second-order valence-electron chi connectivity index (χ2n) is 8.17. The molecule has 1 spiro atoms. The largest absolute Gasteiger partial charge is 0.480 e. The van der Waals surface area contributed by atoms with Gasteiger partial charge in [-0.15, -0.1) is 0 Å². The Morgan fingerprint density at radius 2 is 2.07 bits per heavy atom. The molecular weight excluding hydrogens is 368 g/mol. The number of aromatic nitrogens is 1. The first kappa shape index (κ1) is 18.6. The molecule has 2 saturated heterocycles. The zero-order valence-electron chi connectivity index (χ0n) is 16.5. The van der Waals surface area contributed by atoms with Gasteiger partial charge in [0.2, 0.25) is 0 Å². The van der Waals surface area contributed by atoms with Gasteiger partial charge < -0.3 is 19.1 Å². The molecule has 1 aromatic heterocycles. The van der Waals surface area contributed by atoms with Gasteiger partial charge >= 0.3 is 0 Å². The van der Waals surface area contributed by atoms with Crippen molar-refractivity contribution in [3.63, 3.8) is 0 Å². The fraction of sp³-hybridized carbons (Fsp3) is 0.478. The van der Waals surface area contributed by atoms with Crippen molar-refractivity contribution in [3.05, 3.63) is 59.9 Å². The molecule has 2 atom stereocenters. The highest BCUT2D eigenvalue weighted by Gasteiger charge is 2.55.